The monoisotopic (exact) mass is 535 g/mol. The van der Waals surface area contributed by atoms with Gasteiger partial charge in [0.2, 0.25) is 5.91 Å². The first-order valence-corrected chi connectivity index (χ1v) is 10.7. The van der Waals surface area contributed by atoms with E-state index in [9.17, 15) is 48.0 Å². The van der Waals surface area contributed by atoms with E-state index in [2.05, 4.69) is 5.32 Å². The molecule has 0 bridgehead atoms. The average Bonchev–Trinajstić information content (AvgIpc) is 2.82. The number of esters is 1. The number of hydrogen-bond acceptors (Lipinski definition) is 11. The molecule has 1 amide bonds. The van der Waals surface area contributed by atoms with Crippen LogP contribution in [0.25, 0.3) is 11.0 Å². The van der Waals surface area contributed by atoms with Gasteiger partial charge in [0.15, 0.2) is 0 Å². The lowest BCUT2D eigenvalue weighted by Gasteiger charge is -2.46. The summed E-state index contributed by atoms with van der Waals surface area (Å²) < 4.78 is 60.9. The number of benzene rings is 1. The van der Waals surface area contributed by atoms with Crippen LogP contribution >= 0.6 is 0 Å². The molecule has 2 heterocycles. The molecule has 1 aliphatic rings. The van der Waals surface area contributed by atoms with Crippen LogP contribution < -0.4 is 15.7 Å². The summed E-state index contributed by atoms with van der Waals surface area (Å²) in [6.07, 6.45) is -12.8. The number of carbonyl (C=O) groups is 2. The zero-order valence-corrected chi connectivity index (χ0v) is 19.4. The Morgan fingerprint density at radius 3 is 2.51 bits per heavy atom. The van der Waals surface area contributed by atoms with Gasteiger partial charge in [-0.1, -0.05) is 0 Å². The molecule has 2 aromatic rings. The summed E-state index contributed by atoms with van der Waals surface area (Å²) in [6.45, 7) is 0.136. The van der Waals surface area contributed by atoms with Gasteiger partial charge in [-0.15, -0.1) is 0 Å². The second-order valence-electron chi connectivity index (χ2n) is 8.30. The molecule has 15 heteroatoms. The van der Waals surface area contributed by atoms with Crippen molar-refractivity contribution in [3.8, 4) is 5.75 Å². The van der Waals surface area contributed by atoms with Crippen LogP contribution in [0.2, 0.25) is 0 Å². The van der Waals surface area contributed by atoms with E-state index in [1.807, 2.05) is 0 Å². The van der Waals surface area contributed by atoms with Crippen molar-refractivity contribution >= 4 is 22.8 Å². The number of ether oxygens (including phenoxy) is 3. The molecule has 1 fully saturated rings. The van der Waals surface area contributed by atoms with Gasteiger partial charge in [0.1, 0.15) is 29.6 Å². The highest BCUT2D eigenvalue weighted by Gasteiger charge is 2.57. The largest absolute Gasteiger partial charge is 0.464 e. The quantitative estimate of drug-likeness (QED) is 0.226. The zero-order valence-electron chi connectivity index (χ0n) is 19.4. The molecule has 1 saturated heterocycles. The Hall–Kier alpha value is -3.24. The SMILES string of the molecule is COC(=O)C1(Oc2ccc3c(C(F)(F)F)cc(=O)oc3c2)CC(O)C(NC(C)=O)C([C@@H](O)[C@@H](O)CO)O1. The number of nitrogens with one attached hydrogen (secondary N) is 1. The topological polar surface area (TPSA) is 185 Å². The van der Waals surface area contributed by atoms with Gasteiger partial charge in [-0.2, -0.15) is 13.2 Å². The molecule has 0 saturated carbocycles. The van der Waals surface area contributed by atoms with Gasteiger partial charge in [-0.25, -0.2) is 9.59 Å². The van der Waals surface area contributed by atoms with E-state index in [1.165, 1.54) is 0 Å². The Kier molecular flexibility index (Phi) is 8.14. The van der Waals surface area contributed by atoms with Crippen molar-refractivity contribution in [2.24, 2.45) is 0 Å². The number of hydrogen-bond donors (Lipinski definition) is 5. The summed E-state index contributed by atoms with van der Waals surface area (Å²) in [7, 11) is 0.937. The Balaban J connectivity index is 2.08. The predicted molar refractivity (Wildman–Crippen MR) is 115 cm³/mol. The van der Waals surface area contributed by atoms with E-state index in [0.717, 1.165) is 32.2 Å². The lowest BCUT2D eigenvalue weighted by atomic mass is 9.88. The van der Waals surface area contributed by atoms with E-state index < -0.39 is 89.5 Å². The number of fused-ring (bicyclic) bond motifs is 1. The first-order valence-electron chi connectivity index (χ1n) is 10.7. The van der Waals surface area contributed by atoms with Crippen LogP contribution in [0.5, 0.6) is 5.75 Å². The van der Waals surface area contributed by atoms with Gasteiger partial charge in [0.25, 0.3) is 0 Å². The van der Waals surface area contributed by atoms with Crippen molar-refractivity contribution in [3.05, 3.63) is 40.2 Å². The fourth-order valence-electron chi connectivity index (χ4n) is 4.01. The van der Waals surface area contributed by atoms with Gasteiger partial charge in [0, 0.05) is 24.4 Å². The molecule has 37 heavy (non-hydrogen) atoms. The van der Waals surface area contributed by atoms with Gasteiger partial charge >= 0.3 is 23.6 Å². The fourth-order valence-corrected chi connectivity index (χ4v) is 4.01. The Morgan fingerprint density at radius 2 is 1.95 bits per heavy atom. The maximum absolute atomic E-state index is 13.4. The molecule has 4 unspecified atom stereocenters. The number of amides is 1. The lowest BCUT2D eigenvalue weighted by molar-refractivity contribution is -0.285. The van der Waals surface area contributed by atoms with E-state index in [1.54, 1.807) is 0 Å². The minimum atomic E-state index is -4.88. The molecule has 5 N–H and O–H groups in total. The molecule has 3 rings (SSSR count). The highest BCUT2D eigenvalue weighted by atomic mass is 19.4. The molecular weight excluding hydrogens is 511 g/mol. The number of aliphatic hydroxyl groups is 4. The fraction of sp³-hybridized carbons (Fsp3) is 0.500. The number of carbonyl (C=O) groups excluding carboxylic acids is 2. The molecule has 1 aliphatic heterocycles. The lowest BCUT2D eigenvalue weighted by Crippen LogP contribution is -2.68. The number of aliphatic hydroxyl groups excluding tert-OH is 4. The summed E-state index contributed by atoms with van der Waals surface area (Å²) in [5, 5.41) is 42.3. The average molecular weight is 535 g/mol. The summed E-state index contributed by atoms with van der Waals surface area (Å²) in [4.78, 5) is 36.1. The normalized spacial score (nSPS) is 25.8. The molecule has 1 aromatic heterocycles. The van der Waals surface area contributed by atoms with Crippen molar-refractivity contribution in [1.29, 1.82) is 0 Å². The summed E-state index contributed by atoms with van der Waals surface area (Å²) in [5.74, 6) is -4.84. The van der Waals surface area contributed by atoms with Crippen LogP contribution in [0.1, 0.15) is 18.9 Å². The van der Waals surface area contributed by atoms with Crippen molar-refractivity contribution < 1.29 is 61.8 Å². The van der Waals surface area contributed by atoms with Gasteiger partial charge in [0.05, 0.1) is 37.8 Å². The summed E-state index contributed by atoms with van der Waals surface area (Å²) in [6, 6.07) is 1.69. The minimum absolute atomic E-state index is 0.278. The Labute approximate surface area is 206 Å². The van der Waals surface area contributed by atoms with Crippen LogP contribution in [0.3, 0.4) is 0 Å². The van der Waals surface area contributed by atoms with Crippen molar-refractivity contribution in [3.63, 3.8) is 0 Å². The molecular formula is C22H24F3NO11. The molecule has 12 nitrogen and oxygen atoms in total. The second-order valence-corrected chi connectivity index (χ2v) is 8.30. The number of methoxy groups -OCH3 is 1. The van der Waals surface area contributed by atoms with Crippen LogP contribution in [-0.2, 0) is 25.2 Å². The van der Waals surface area contributed by atoms with Crippen molar-refractivity contribution in [2.45, 2.75) is 55.8 Å². The van der Waals surface area contributed by atoms with E-state index in [0.29, 0.717) is 0 Å². The highest BCUT2D eigenvalue weighted by molar-refractivity contribution is 5.83. The number of alkyl halides is 3. The first-order chi connectivity index (χ1) is 17.2. The third kappa shape index (κ3) is 5.86. The molecule has 1 aromatic carbocycles. The number of rotatable bonds is 7. The molecule has 0 spiro atoms. The highest BCUT2D eigenvalue weighted by Crippen LogP contribution is 2.38. The standard InChI is InChI=1S/C22H24F3NO11/c1-9(28)26-17-13(29)7-21(20(33)34-2,37-19(17)18(32)14(30)8-27)36-10-3-4-11-12(22(23,24)25)6-16(31)35-15(11)5-10/h3-6,13-14,17-19,27,29-30,32H,7-8H2,1-2H3,(H,26,28)/t13?,14-,17?,18-,19?,21?/m0/s1. The minimum Gasteiger partial charge on any atom is -0.464 e. The van der Waals surface area contributed by atoms with Gasteiger partial charge < -0.3 is 44.4 Å². The third-order valence-electron chi connectivity index (χ3n) is 5.66. The van der Waals surface area contributed by atoms with E-state index in [4.69, 9.17) is 18.6 Å². The molecule has 0 aliphatic carbocycles. The Bertz CT molecular complexity index is 1220. The third-order valence-corrected chi connectivity index (χ3v) is 5.66. The van der Waals surface area contributed by atoms with Crippen LogP contribution in [0.15, 0.2) is 33.5 Å². The van der Waals surface area contributed by atoms with Crippen molar-refractivity contribution in [1.82, 2.24) is 5.32 Å². The van der Waals surface area contributed by atoms with Crippen molar-refractivity contribution in [2.75, 3.05) is 13.7 Å². The first kappa shape index (κ1) is 28.3. The van der Waals surface area contributed by atoms with Crippen LogP contribution in [-0.4, -0.2) is 82.3 Å². The van der Waals surface area contributed by atoms with Crippen LogP contribution in [0, 0.1) is 0 Å². The van der Waals surface area contributed by atoms with Crippen LogP contribution in [0.4, 0.5) is 13.2 Å². The number of halogens is 3. The summed E-state index contributed by atoms with van der Waals surface area (Å²) >= 11 is 0. The predicted octanol–water partition coefficient (Wildman–Crippen LogP) is -0.572. The maximum atomic E-state index is 13.4. The second kappa shape index (κ2) is 10.6. The molecule has 204 valence electrons. The molecule has 0 radical (unpaired) electrons. The molecule has 6 atom stereocenters. The van der Waals surface area contributed by atoms with E-state index >= 15 is 0 Å². The zero-order chi connectivity index (χ0) is 27.7. The van der Waals surface area contributed by atoms with E-state index in [-0.39, 0.29) is 11.8 Å². The summed E-state index contributed by atoms with van der Waals surface area (Å²) in [5.41, 5.74) is -3.11. The smallest absolute Gasteiger partial charge is 0.417 e. The Morgan fingerprint density at radius 1 is 1.27 bits per heavy atom. The maximum Gasteiger partial charge on any atom is 0.417 e. The van der Waals surface area contributed by atoms with Gasteiger partial charge in [-0.3, -0.25) is 4.79 Å². The van der Waals surface area contributed by atoms with Gasteiger partial charge in [-0.05, 0) is 12.1 Å².